The summed E-state index contributed by atoms with van der Waals surface area (Å²) in [5.41, 5.74) is 8.71. The zero-order chi connectivity index (χ0) is 21.3. The van der Waals surface area contributed by atoms with E-state index in [1.54, 1.807) is 23.0 Å². The smallest absolute Gasteiger partial charge is 0.315 e. The topological polar surface area (TPSA) is 109 Å². The Hall–Kier alpha value is -3.53. The Labute approximate surface area is 171 Å². The van der Waals surface area contributed by atoms with Crippen LogP contribution in [0.25, 0.3) is 5.70 Å². The zero-order valence-electron chi connectivity index (χ0n) is 17.1. The van der Waals surface area contributed by atoms with Crippen molar-refractivity contribution >= 4 is 11.7 Å². The van der Waals surface area contributed by atoms with E-state index in [9.17, 15) is 4.79 Å². The Morgan fingerprint density at radius 1 is 1.34 bits per heavy atom. The second-order valence-electron chi connectivity index (χ2n) is 6.96. The fraction of sp³-hybridized carbons (Fsp3) is 0.318. The van der Waals surface area contributed by atoms with Crippen molar-refractivity contribution in [3.05, 3.63) is 71.6 Å². The van der Waals surface area contributed by atoms with E-state index in [0.717, 1.165) is 11.3 Å². The van der Waals surface area contributed by atoms with E-state index in [1.807, 2.05) is 57.2 Å². The summed E-state index contributed by atoms with van der Waals surface area (Å²) >= 11 is 0. The number of hydrogen-bond acceptors (Lipinski definition) is 4. The second kappa shape index (κ2) is 10.1. The largest absolute Gasteiger partial charge is 0.397 e. The van der Waals surface area contributed by atoms with Gasteiger partial charge < -0.3 is 16.4 Å². The van der Waals surface area contributed by atoms with Gasteiger partial charge in [0.25, 0.3) is 0 Å². The van der Waals surface area contributed by atoms with Crippen LogP contribution in [0.1, 0.15) is 44.0 Å². The van der Waals surface area contributed by atoms with Gasteiger partial charge in [0.2, 0.25) is 0 Å². The number of urea groups is 1. The number of allylic oxidation sites excluding steroid dienone is 1. The van der Waals surface area contributed by atoms with Crippen molar-refractivity contribution in [3.8, 4) is 6.07 Å². The van der Waals surface area contributed by atoms with Crippen molar-refractivity contribution in [3.63, 3.8) is 0 Å². The lowest BCUT2D eigenvalue weighted by Crippen LogP contribution is -2.49. The highest BCUT2D eigenvalue weighted by Crippen LogP contribution is 2.18. The Morgan fingerprint density at radius 2 is 2.07 bits per heavy atom. The maximum atomic E-state index is 12.2. The first-order valence-electron chi connectivity index (χ1n) is 9.57. The Kier molecular flexibility index (Phi) is 7.61. The van der Waals surface area contributed by atoms with Crippen LogP contribution in [0.15, 0.2) is 54.8 Å². The number of aromatic nitrogens is 2. The molecule has 1 unspecified atom stereocenters. The molecular formula is C22H28N6O. The highest BCUT2D eigenvalue weighted by atomic mass is 16.2. The van der Waals surface area contributed by atoms with Crippen LogP contribution in [0.5, 0.6) is 0 Å². The van der Waals surface area contributed by atoms with Crippen LogP contribution < -0.4 is 16.4 Å². The zero-order valence-corrected chi connectivity index (χ0v) is 17.1. The molecule has 1 heterocycles. The average molecular weight is 393 g/mol. The molecule has 0 fully saturated rings. The maximum absolute atomic E-state index is 12.2. The van der Waals surface area contributed by atoms with Gasteiger partial charge in [0.05, 0.1) is 35.1 Å². The summed E-state index contributed by atoms with van der Waals surface area (Å²) in [4.78, 5) is 12.2. The van der Waals surface area contributed by atoms with Gasteiger partial charge in [-0.1, -0.05) is 31.2 Å². The van der Waals surface area contributed by atoms with Gasteiger partial charge in [0, 0.05) is 12.7 Å². The van der Waals surface area contributed by atoms with E-state index < -0.39 is 5.54 Å². The molecule has 7 nitrogen and oxygen atoms in total. The van der Waals surface area contributed by atoms with Gasteiger partial charge in [0.1, 0.15) is 0 Å². The van der Waals surface area contributed by atoms with Gasteiger partial charge in [-0.3, -0.25) is 4.68 Å². The summed E-state index contributed by atoms with van der Waals surface area (Å²) < 4.78 is 1.80. The predicted octanol–water partition coefficient (Wildman–Crippen LogP) is 3.15. The summed E-state index contributed by atoms with van der Waals surface area (Å²) in [5.74, 6) is 0. The van der Waals surface area contributed by atoms with Crippen LogP contribution in [-0.2, 0) is 6.54 Å². The minimum absolute atomic E-state index is 0.248. The van der Waals surface area contributed by atoms with Crippen LogP contribution in [0.3, 0.4) is 0 Å². The van der Waals surface area contributed by atoms with E-state index in [-0.39, 0.29) is 6.03 Å². The number of hydrogen-bond donors (Lipinski definition) is 3. The number of nitrogens with one attached hydrogen (secondary N) is 2. The summed E-state index contributed by atoms with van der Waals surface area (Å²) in [5, 5.41) is 19.1. The molecule has 7 heteroatoms. The molecule has 152 valence electrons. The fourth-order valence-electron chi connectivity index (χ4n) is 2.78. The molecule has 0 saturated heterocycles. The fourth-order valence-corrected chi connectivity index (χ4v) is 2.78. The molecule has 1 aromatic heterocycles. The molecule has 0 aliphatic carbocycles. The summed E-state index contributed by atoms with van der Waals surface area (Å²) in [6, 6.07) is 11.1. The minimum atomic E-state index is -0.604. The van der Waals surface area contributed by atoms with Gasteiger partial charge in [0.15, 0.2) is 0 Å². The number of rotatable bonds is 8. The highest BCUT2D eigenvalue weighted by Gasteiger charge is 2.23. The molecule has 0 spiro atoms. The monoisotopic (exact) mass is 392 g/mol. The number of carbonyl (C=O) groups excluding carboxylic acids is 1. The average Bonchev–Trinajstić information content (AvgIpc) is 3.17. The van der Waals surface area contributed by atoms with Crippen LogP contribution in [-0.4, -0.2) is 27.9 Å². The first-order chi connectivity index (χ1) is 13.9. The summed E-state index contributed by atoms with van der Waals surface area (Å²) in [6.45, 7) is 6.82. The van der Waals surface area contributed by atoms with E-state index in [4.69, 9.17) is 11.0 Å². The molecule has 2 rings (SSSR count). The van der Waals surface area contributed by atoms with Crippen molar-refractivity contribution < 1.29 is 4.79 Å². The molecule has 0 aliphatic heterocycles. The van der Waals surface area contributed by atoms with Crippen molar-refractivity contribution in [1.82, 2.24) is 20.4 Å². The van der Waals surface area contributed by atoms with E-state index in [0.29, 0.717) is 30.8 Å². The lowest BCUT2D eigenvalue weighted by atomic mass is 9.97. The lowest BCUT2D eigenvalue weighted by molar-refractivity contribution is 0.233. The molecule has 4 N–H and O–H groups in total. The SMILES string of the molecule is C/C=C\CNC(=O)NC(C)(/C=C(\N)c1ccnn1Cc1ccc(C#N)cc1)CC. The molecule has 2 amide bonds. The third-order valence-corrected chi connectivity index (χ3v) is 4.65. The Bertz CT molecular complexity index is 920. The first kappa shape index (κ1) is 21.8. The molecule has 0 bridgehead atoms. The number of nitrogens with zero attached hydrogens (tertiary/aromatic N) is 3. The summed E-state index contributed by atoms with van der Waals surface area (Å²) in [6.07, 6.45) is 7.98. The van der Waals surface area contributed by atoms with Crippen molar-refractivity contribution in [2.45, 2.75) is 39.3 Å². The number of benzene rings is 1. The standard InChI is InChI=1S/C22H28N6O/c1-4-6-12-25-21(29)27-22(3,5-2)14-19(24)20-11-13-26-28(20)16-18-9-7-17(15-23)8-10-18/h4,6-11,13-14H,5,12,16,24H2,1-3H3,(H2,25,27,29)/b6-4-,19-14-. The van der Waals surface area contributed by atoms with E-state index in [2.05, 4.69) is 21.8 Å². The molecule has 1 atom stereocenters. The lowest BCUT2D eigenvalue weighted by Gasteiger charge is -2.27. The molecular weight excluding hydrogens is 364 g/mol. The van der Waals surface area contributed by atoms with Crippen LogP contribution in [0.4, 0.5) is 4.79 Å². The quantitative estimate of drug-likeness (QED) is 0.600. The molecule has 0 aliphatic rings. The molecule has 0 saturated carbocycles. The summed E-state index contributed by atoms with van der Waals surface area (Å²) in [7, 11) is 0. The third kappa shape index (κ3) is 6.25. The van der Waals surface area contributed by atoms with E-state index in [1.165, 1.54) is 0 Å². The van der Waals surface area contributed by atoms with Gasteiger partial charge in [-0.15, -0.1) is 0 Å². The predicted molar refractivity (Wildman–Crippen MR) is 115 cm³/mol. The number of carbonyl (C=O) groups is 1. The normalized spacial score (nSPS) is 13.7. The third-order valence-electron chi connectivity index (χ3n) is 4.65. The van der Waals surface area contributed by atoms with Crippen molar-refractivity contribution in [2.75, 3.05) is 6.54 Å². The maximum Gasteiger partial charge on any atom is 0.315 e. The van der Waals surface area contributed by atoms with Crippen LogP contribution in [0, 0.1) is 11.3 Å². The van der Waals surface area contributed by atoms with Gasteiger partial charge >= 0.3 is 6.03 Å². The Morgan fingerprint density at radius 3 is 2.69 bits per heavy atom. The minimum Gasteiger partial charge on any atom is -0.397 e. The van der Waals surface area contributed by atoms with Gasteiger partial charge in [-0.25, -0.2) is 4.79 Å². The molecule has 29 heavy (non-hydrogen) atoms. The molecule has 0 radical (unpaired) electrons. The van der Waals surface area contributed by atoms with Crippen LogP contribution in [0.2, 0.25) is 0 Å². The van der Waals surface area contributed by atoms with Crippen molar-refractivity contribution in [1.29, 1.82) is 5.26 Å². The van der Waals surface area contributed by atoms with Crippen LogP contribution >= 0.6 is 0 Å². The Balaban J connectivity index is 2.16. The van der Waals surface area contributed by atoms with Gasteiger partial charge in [-0.05, 0) is 50.1 Å². The molecule has 1 aromatic carbocycles. The highest BCUT2D eigenvalue weighted by molar-refractivity contribution is 5.76. The first-order valence-corrected chi connectivity index (χ1v) is 9.57. The van der Waals surface area contributed by atoms with Crippen molar-refractivity contribution in [2.24, 2.45) is 5.73 Å². The second-order valence-corrected chi connectivity index (χ2v) is 6.96. The number of amides is 2. The van der Waals surface area contributed by atoms with Gasteiger partial charge in [-0.2, -0.15) is 10.4 Å². The number of nitrogens with two attached hydrogens (primary N) is 1. The van der Waals surface area contributed by atoms with E-state index >= 15 is 0 Å². The number of nitriles is 1. The molecule has 2 aromatic rings.